The molecule has 1 aliphatic rings. The number of benzene rings is 1. The van der Waals surface area contributed by atoms with E-state index in [4.69, 9.17) is 0 Å². The summed E-state index contributed by atoms with van der Waals surface area (Å²) in [6, 6.07) is 5.89. The first kappa shape index (κ1) is 21.8. The summed E-state index contributed by atoms with van der Waals surface area (Å²) in [7, 11) is -4.92. The van der Waals surface area contributed by atoms with Crippen molar-refractivity contribution in [1.29, 1.82) is 0 Å². The molecular formula is C17H27N3O5S2. The molecule has 0 aromatic heterocycles. The molecule has 1 aromatic rings. The molecule has 2 rings (SSSR count). The van der Waals surface area contributed by atoms with E-state index in [2.05, 4.69) is 10.0 Å². The molecule has 0 radical (unpaired) electrons. The zero-order valence-corrected chi connectivity index (χ0v) is 17.3. The van der Waals surface area contributed by atoms with Gasteiger partial charge < -0.3 is 5.32 Å². The first-order chi connectivity index (χ1) is 12.6. The van der Waals surface area contributed by atoms with E-state index in [1.807, 2.05) is 6.92 Å². The summed E-state index contributed by atoms with van der Waals surface area (Å²) in [5, 5.41) is 2.67. The Bertz CT molecular complexity index is 868. The minimum absolute atomic E-state index is 0.0336. The minimum Gasteiger partial charge on any atom is -0.325 e. The number of likely N-dealkylation sites (N-methyl/N-ethyl adjacent to an activating group) is 1. The molecule has 1 heterocycles. The van der Waals surface area contributed by atoms with Crippen LogP contribution < -0.4 is 10.0 Å². The number of carbonyl (C=O) groups excluding carboxylic acids is 1. The van der Waals surface area contributed by atoms with E-state index >= 15 is 0 Å². The molecule has 1 unspecified atom stereocenters. The molecule has 10 heteroatoms. The summed E-state index contributed by atoms with van der Waals surface area (Å²) in [5.41, 5.74) is 0.380. The lowest BCUT2D eigenvalue weighted by molar-refractivity contribution is -0.117. The van der Waals surface area contributed by atoms with Crippen LogP contribution in [-0.4, -0.2) is 65.3 Å². The highest BCUT2D eigenvalue weighted by Crippen LogP contribution is 2.18. The molecular weight excluding hydrogens is 390 g/mol. The maximum absolute atomic E-state index is 12.3. The largest absolute Gasteiger partial charge is 0.325 e. The molecule has 1 saturated heterocycles. The van der Waals surface area contributed by atoms with Crippen molar-refractivity contribution in [3.63, 3.8) is 0 Å². The van der Waals surface area contributed by atoms with Gasteiger partial charge in [0.2, 0.25) is 15.9 Å². The molecule has 27 heavy (non-hydrogen) atoms. The predicted molar refractivity (Wildman–Crippen MR) is 105 cm³/mol. The number of rotatable bonds is 9. The number of anilines is 1. The van der Waals surface area contributed by atoms with E-state index in [1.165, 1.54) is 12.1 Å². The average molecular weight is 418 g/mol. The Hall–Kier alpha value is -1.49. The van der Waals surface area contributed by atoms with E-state index in [0.717, 1.165) is 12.8 Å². The molecule has 0 aliphatic carbocycles. The summed E-state index contributed by atoms with van der Waals surface area (Å²) in [6.45, 7) is 2.37. The molecule has 0 saturated carbocycles. The fraction of sp³-hybridized carbons (Fsp3) is 0.588. The fourth-order valence-electron chi connectivity index (χ4n) is 2.89. The van der Waals surface area contributed by atoms with Crippen LogP contribution in [0.5, 0.6) is 0 Å². The van der Waals surface area contributed by atoms with Crippen LogP contribution in [0.15, 0.2) is 29.2 Å². The summed E-state index contributed by atoms with van der Waals surface area (Å²) in [5.74, 6) is -0.113. The van der Waals surface area contributed by atoms with Gasteiger partial charge in [0.1, 0.15) is 0 Å². The lowest BCUT2D eigenvalue weighted by Crippen LogP contribution is -2.38. The lowest BCUT2D eigenvalue weighted by atomic mass is 10.2. The average Bonchev–Trinajstić information content (AvgIpc) is 2.95. The quantitative estimate of drug-likeness (QED) is 0.575. The number of amides is 1. The summed E-state index contributed by atoms with van der Waals surface area (Å²) in [6.07, 6.45) is 2.15. The Morgan fingerprint density at radius 3 is 2.70 bits per heavy atom. The van der Waals surface area contributed by atoms with E-state index in [1.54, 1.807) is 24.1 Å². The van der Waals surface area contributed by atoms with Crippen molar-refractivity contribution in [3.8, 4) is 0 Å². The van der Waals surface area contributed by atoms with E-state index in [0.29, 0.717) is 18.7 Å². The third-order valence-corrected chi connectivity index (χ3v) is 7.68. The van der Waals surface area contributed by atoms with Gasteiger partial charge in [0, 0.05) is 18.3 Å². The van der Waals surface area contributed by atoms with Crippen molar-refractivity contribution in [1.82, 2.24) is 9.62 Å². The third kappa shape index (κ3) is 6.56. The molecule has 1 aromatic carbocycles. The van der Waals surface area contributed by atoms with Gasteiger partial charge in [-0.2, -0.15) is 0 Å². The Kier molecular flexibility index (Phi) is 7.38. The number of carbonyl (C=O) groups is 1. The number of nitrogens with one attached hydrogen (secondary N) is 2. The zero-order chi connectivity index (χ0) is 20.1. The van der Waals surface area contributed by atoms with E-state index < -0.39 is 19.9 Å². The van der Waals surface area contributed by atoms with E-state index in [9.17, 15) is 21.6 Å². The standard InChI is InChI=1S/C17H27N3O5S2/c1-3-4-9-18-27(24,25)16-7-5-6-14(11-16)19-17(21)12-20(2)15-8-10-26(22,23)13-15/h5-7,11,15,18H,3-4,8-10,12-13H2,1-2H3,(H,19,21). The lowest BCUT2D eigenvalue weighted by Gasteiger charge is -2.22. The Morgan fingerprint density at radius 1 is 1.33 bits per heavy atom. The van der Waals surface area contributed by atoms with Gasteiger partial charge in [0.15, 0.2) is 9.84 Å². The number of nitrogens with zero attached hydrogens (tertiary/aromatic N) is 1. The van der Waals surface area contributed by atoms with Crippen LogP contribution in [0.1, 0.15) is 26.2 Å². The maximum Gasteiger partial charge on any atom is 0.240 e. The fourth-order valence-corrected chi connectivity index (χ4v) is 5.81. The topological polar surface area (TPSA) is 113 Å². The van der Waals surface area contributed by atoms with Crippen molar-refractivity contribution in [2.45, 2.75) is 37.1 Å². The van der Waals surface area contributed by atoms with Gasteiger partial charge in [-0.05, 0) is 38.1 Å². The van der Waals surface area contributed by atoms with Crippen LogP contribution >= 0.6 is 0 Å². The first-order valence-corrected chi connectivity index (χ1v) is 12.2. The van der Waals surface area contributed by atoms with Crippen LogP contribution in [0.2, 0.25) is 0 Å². The van der Waals surface area contributed by atoms with Crippen molar-refractivity contribution >= 4 is 31.5 Å². The summed E-state index contributed by atoms with van der Waals surface area (Å²) >= 11 is 0. The number of hydrogen-bond acceptors (Lipinski definition) is 6. The predicted octanol–water partition coefficient (Wildman–Crippen LogP) is 0.822. The molecule has 2 N–H and O–H groups in total. The Morgan fingerprint density at radius 2 is 2.07 bits per heavy atom. The van der Waals surface area contributed by atoms with Crippen molar-refractivity contribution in [2.24, 2.45) is 0 Å². The molecule has 1 fully saturated rings. The van der Waals surface area contributed by atoms with Gasteiger partial charge >= 0.3 is 0 Å². The van der Waals surface area contributed by atoms with Crippen molar-refractivity contribution in [3.05, 3.63) is 24.3 Å². The van der Waals surface area contributed by atoms with Crippen LogP contribution in [-0.2, 0) is 24.7 Å². The highest BCUT2D eigenvalue weighted by atomic mass is 32.2. The molecule has 0 spiro atoms. The zero-order valence-electron chi connectivity index (χ0n) is 15.6. The number of unbranched alkanes of at least 4 members (excludes halogenated alkanes) is 1. The SMILES string of the molecule is CCCCNS(=O)(=O)c1cccc(NC(=O)CN(C)C2CCS(=O)(=O)C2)c1. The highest BCUT2D eigenvalue weighted by molar-refractivity contribution is 7.91. The maximum atomic E-state index is 12.3. The van der Waals surface area contributed by atoms with Gasteiger partial charge in [0.25, 0.3) is 0 Å². The third-order valence-electron chi connectivity index (χ3n) is 4.48. The van der Waals surface area contributed by atoms with Crippen molar-refractivity contribution in [2.75, 3.05) is 37.0 Å². The molecule has 152 valence electrons. The highest BCUT2D eigenvalue weighted by Gasteiger charge is 2.31. The second kappa shape index (κ2) is 9.13. The van der Waals surface area contributed by atoms with Crippen molar-refractivity contribution < 1.29 is 21.6 Å². The molecule has 0 bridgehead atoms. The number of sulfone groups is 1. The van der Waals surface area contributed by atoms with Gasteiger partial charge in [0.05, 0.1) is 22.9 Å². The van der Waals surface area contributed by atoms with E-state index in [-0.39, 0.29) is 34.9 Å². The van der Waals surface area contributed by atoms with Crippen LogP contribution in [0.25, 0.3) is 0 Å². The smallest absolute Gasteiger partial charge is 0.240 e. The van der Waals surface area contributed by atoms with Crippen LogP contribution in [0.3, 0.4) is 0 Å². The molecule has 1 atom stereocenters. The Balaban J connectivity index is 1.96. The molecule has 8 nitrogen and oxygen atoms in total. The van der Waals surface area contributed by atoms with Crippen LogP contribution in [0.4, 0.5) is 5.69 Å². The summed E-state index contributed by atoms with van der Waals surface area (Å²) in [4.78, 5) is 14.1. The normalized spacial score (nSPS) is 19.3. The monoisotopic (exact) mass is 417 g/mol. The van der Waals surface area contributed by atoms with Crippen LogP contribution in [0, 0.1) is 0 Å². The minimum atomic E-state index is -3.62. The van der Waals surface area contributed by atoms with Gasteiger partial charge in [-0.1, -0.05) is 19.4 Å². The van der Waals surface area contributed by atoms with Gasteiger partial charge in [-0.3, -0.25) is 9.69 Å². The van der Waals surface area contributed by atoms with Gasteiger partial charge in [-0.15, -0.1) is 0 Å². The number of hydrogen-bond donors (Lipinski definition) is 2. The second-order valence-electron chi connectivity index (χ2n) is 6.80. The molecule has 1 amide bonds. The van der Waals surface area contributed by atoms with Gasteiger partial charge in [-0.25, -0.2) is 21.6 Å². The molecule has 1 aliphatic heterocycles. The Labute approximate surface area is 161 Å². The first-order valence-electron chi connectivity index (χ1n) is 8.93. The second-order valence-corrected chi connectivity index (χ2v) is 10.8. The number of sulfonamides is 1. The summed E-state index contributed by atoms with van der Waals surface area (Å²) < 4.78 is 50.2.